The standard InChI is InChI=1S/C17H22IN3/c1-4-10-19-17-16(18)14(5-2)20-15(21-17)11-13-9-7-6-8-12(13)3/h6-9H,4-5,10-11H2,1-3H3,(H,19,20,21). The van der Waals surface area contributed by atoms with Crippen molar-refractivity contribution in [3.63, 3.8) is 0 Å². The van der Waals surface area contributed by atoms with Gasteiger partial charge in [0.05, 0.1) is 9.26 Å². The Balaban J connectivity index is 2.33. The molecule has 0 atom stereocenters. The maximum Gasteiger partial charge on any atom is 0.143 e. The molecular formula is C17H22IN3. The third-order valence-electron chi connectivity index (χ3n) is 3.45. The Hall–Kier alpha value is -1.17. The lowest BCUT2D eigenvalue weighted by Crippen LogP contribution is -2.11. The molecule has 0 aliphatic rings. The molecule has 2 aromatic rings. The van der Waals surface area contributed by atoms with E-state index in [-0.39, 0.29) is 0 Å². The molecule has 1 N–H and O–H groups in total. The Morgan fingerprint density at radius 1 is 1.14 bits per heavy atom. The summed E-state index contributed by atoms with van der Waals surface area (Å²) in [5.74, 6) is 1.88. The fraction of sp³-hybridized carbons (Fsp3) is 0.412. The summed E-state index contributed by atoms with van der Waals surface area (Å²) in [4.78, 5) is 9.46. The first kappa shape index (κ1) is 16.2. The van der Waals surface area contributed by atoms with Crippen molar-refractivity contribution < 1.29 is 0 Å². The molecule has 2 rings (SSSR count). The topological polar surface area (TPSA) is 37.8 Å². The van der Waals surface area contributed by atoms with Gasteiger partial charge in [0, 0.05) is 13.0 Å². The smallest absolute Gasteiger partial charge is 0.143 e. The van der Waals surface area contributed by atoms with Crippen molar-refractivity contribution in [2.24, 2.45) is 0 Å². The Labute approximate surface area is 140 Å². The highest BCUT2D eigenvalue weighted by molar-refractivity contribution is 14.1. The summed E-state index contributed by atoms with van der Waals surface area (Å²) in [7, 11) is 0. The molecule has 0 fully saturated rings. The number of aryl methyl sites for hydroxylation is 2. The number of nitrogens with one attached hydrogen (secondary N) is 1. The van der Waals surface area contributed by atoms with Crippen molar-refractivity contribution >= 4 is 28.4 Å². The van der Waals surface area contributed by atoms with Crippen LogP contribution in [-0.4, -0.2) is 16.5 Å². The first-order chi connectivity index (χ1) is 10.2. The van der Waals surface area contributed by atoms with Gasteiger partial charge in [0.15, 0.2) is 0 Å². The summed E-state index contributed by atoms with van der Waals surface area (Å²) in [6, 6.07) is 8.44. The predicted molar refractivity (Wildman–Crippen MR) is 96.9 cm³/mol. The van der Waals surface area contributed by atoms with Gasteiger partial charge < -0.3 is 5.32 Å². The fourth-order valence-electron chi connectivity index (χ4n) is 2.20. The Morgan fingerprint density at radius 2 is 1.90 bits per heavy atom. The fourth-order valence-corrected chi connectivity index (χ4v) is 3.01. The molecule has 0 aliphatic carbocycles. The van der Waals surface area contributed by atoms with E-state index < -0.39 is 0 Å². The van der Waals surface area contributed by atoms with Crippen LogP contribution in [0.15, 0.2) is 24.3 Å². The SMILES string of the molecule is CCCNc1nc(Cc2ccccc2C)nc(CC)c1I. The zero-order valence-corrected chi connectivity index (χ0v) is 15.1. The average molecular weight is 395 g/mol. The van der Waals surface area contributed by atoms with Gasteiger partial charge >= 0.3 is 0 Å². The van der Waals surface area contributed by atoms with E-state index in [0.29, 0.717) is 0 Å². The molecule has 4 heteroatoms. The second-order valence-electron chi connectivity index (χ2n) is 5.13. The third kappa shape index (κ3) is 4.15. The van der Waals surface area contributed by atoms with Crippen LogP contribution in [0.25, 0.3) is 0 Å². The van der Waals surface area contributed by atoms with E-state index >= 15 is 0 Å². The second-order valence-corrected chi connectivity index (χ2v) is 6.21. The van der Waals surface area contributed by atoms with Crippen LogP contribution in [0.5, 0.6) is 0 Å². The number of halogens is 1. The van der Waals surface area contributed by atoms with E-state index in [4.69, 9.17) is 9.97 Å². The van der Waals surface area contributed by atoms with Gasteiger partial charge in [-0.1, -0.05) is 38.1 Å². The highest BCUT2D eigenvalue weighted by atomic mass is 127. The maximum atomic E-state index is 4.74. The molecule has 1 aromatic heterocycles. The van der Waals surface area contributed by atoms with Crippen LogP contribution in [0.3, 0.4) is 0 Å². The highest BCUT2D eigenvalue weighted by Crippen LogP contribution is 2.21. The highest BCUT2D eigenvalue weighted by Gasteiger charge is 2.11. The van der Waals surface area contributed by atoms with Crippen LogP contribution in [0.4, 0.5) is 5.82 Å². The Morgan fingerprint density at radius 3 is 2.57 bits per heavy atom. The van der Waals surface area contributed by atoms with Gasteiger partial charge in [0.1, 0.15) is 11.6 Å². The summed E-state index contributed by atoms with van der Waals surface area (Å²) in [6.45, 7) is 7.39. The van der Waals surface area contributed by atoms with Crippen LogP contribution in [0.1, 0.15) is 42.9 Å². The molecule has 0 unspecified atom stereocenters. The molecule has 0 bridgehead atoms. The molecule has 112 valence electrons. The van der Waals surface area contributed by atoms with E-state index in [1.165, 1.54) is 11.1 Å². The van der Waals surface area contributed by atoms with Crippen molar-refractivity contribution in [1.82, 2.24) is 9.97 Å². The number of hydrogen-bond donors (Lipinski definition) is 1. The molecule has 0 amide bonds. The minimum Gasteiger partial charge on any atom is -0.369 e. The molecule has 0 spiro atoms. The minimum absolute atomic E-state index is 0.789. The zero-order chi connectivity index (χ0) is 15.2. The van der Waals surface area contributed by atoms with Crippen molar-refractivity contribution in [2.45, 2.75) is 40.0 Å². The van der Waals surface area contributed by atoms with Gasteiger partial charge in [-0.3, -0.25) is 0 Å². The van der Waals surface area contributed by atoms with Crippen molar-refractivity contribution in [1.29, 1.82) is 0 Å². The largest absolute Gasteiger partial charge is 0.369 e. The third-order valence-corrected chi connectivity index (χ3v) is 4.59. The number of anilines is 1. The summed E-state index contributed by atoms with van der Waals surface area (Å²) in [6.07, 6.45) is 2.81. The monoisotopic (exact) mass is 395 g/mol. The molecule has 1 heterocycles. The van der Waals surface area contributed by atoms with E-state index in [1.807, 2.05) is 0 Å². The first-order valence-corrected chi connectivity index (χ1v) is 8.57. The van der Waals surface area contributed by atoms with Gasteiger partial charge in [-0.25, -0.2) is 9.97 Å². The molecule has 1 aromatic carbocycles. The quantitative estimate of drug-likeness (QED) is 0.739. The van der Waals surface area contributed by atoms with Gasteiger partial charge in [-0.15, -0.1) is 0 Å². The number of rotatable bonds is 6. The van der Waals surface area contributed by atoms with Gasteiger partial charge in [0.2, 0.25) is 0 Å². The molecular weight excluding hydrogens is 373 g/mol. The van der Waals surface area contributed by atoms with Crippen LogP contribution >= 0.6 is 22.6 Å². The van der Waals surface area contributed by atoms with Crippen LogP contribution < -0.4 is 5.32 Å². The first-order valence-electron chi connectivity index (χ1n) is 7.49. The van der Waals surface area contributed by atoms with E-state index in [1.54, 1.807) is 0 Å². The zero-order valence-electron chi connectivity index (χ0n) is 12.9. The van der Waals surface area contributed by atoms with E-state index in [2.05, 4.69) is 72.9 Å². The molecule has 0 radical (unpaired) electrons. The number of hydrogen-bond acceptors (Lipinski definition) is 3. The lowest BCUT2D eigenvalue weighted by molar-refractivity contribution is 0.880. The molecule has 0 saturated heterocycles. The van der Waals surface area contributed by atoms with Crippen LogP contribution in [-0.2, 0) is 12.8 Å². The molecule has 3 nitrogen and oxygen atoms in total. The van der Waals surface area contributed by atoms with E-state index in [9.17, 15) is 0 Å². The normalized spacial score (nSPS) is 10.7. The van der Waals surface area contributed by atoms with E-state index in [0.717, 1.165) is 46.7 Å². The van der Waals surface area contributed by atoms with Crippen molar-refractivity contribution in [3.05, 3.63) is 50.5 Å². The van der Waals surface area contributed by atoms with Gasteiger partial charge in [-0.05, 0) is 53.5 Å². The summed E-state index contributed by atoms with van der Waals surface area (Å²) in [5.41, 5.74) is 3.72. The van der Waals surface area contributed by atoms with Crippen molar-refractivity contribution in [3.8, 4) is 0 Å². The molecule has 0 aliphatic heterocycles. The number of benzene rings is 1. The number of nitrogens with zero attached hydrogens (tertiary/aromatic N) is 2. The van der Waals surface area contributed by atoms with Gasteiger partial charge in [-0.2, -0.15) is 0 Å². The lowest BCUT2D eigenvalue weighted by Gasteiger charge is -2.12. The predicted octanol–water partition coefficient (Wildman–Crippen LogP) is 4.36. The molecule has 0 saturated carbocycles. The average Bonchev–Trinajstić information content (AvgIpc) is 2.49. The number of aromatic nitrogens is 2. The van der Waals surface area contributed by atoms with Gasteiger partial charge in [0.25, 0.3) is 0 Å². The minimum atomic E-state index is 0.789. The Kier molecular flexibility index (Phi) is 5.96. The lowest BCUT2D eigenvalue weighted by atomic mass is 10.1. The second kappa shape index (κ2) is 7.73. The summed E-state index contributed by atoms with van der Waals surface area (Å²) < 4.78 is 1.15. The maximum absolute atomic E-state index is 4.74. The summed E-state index contributed by atoms with van der Waals surface area (Å²) >= 11 is 2.35. The Bertz CT molecular complexity index is 611. The molecule has 21 heavy (non-hydrogen) atoms. The van der Waals surface area contributed by atoms with Crippen LogP contribution in [0.2, 0.25) is 0 Å². The van der Waals surface area contributed by atoms with Crippen LogP contribution in [0, 0.1) is 10.5 Å². The summed E-state index contributed by atoms with van der Waals surface area (Å²) in [5, 5.41) is 3.42. The van der Waals surface area contributed by atoms with Crippen molar-refractivity contribution in [2.75, 3.05) is 11.9 Å².